The standard InChI is InChI=1S/C25H23F2N3O6/c1-3-4-5-6-20(31)36-23-21-25(34)30-14(2)13-35-19(30)12-29(21)11-17(22(23)32)24(33)28-10-15-7-8-16(26)9-18(15)27/h1,7-9,11,14,19H,4-6,10,12-13H2,2H3,(H,28,33)/t14-,19+/m0/s1. The van der Waals surface area contributed by atoms with Gasteiger partial charge in [-0.3, -0.25) is 19.2 Å². The zero-order valence-corrected chi connectivity index (χ0v) is 19.4. The highest BCUT2D eigenvalue weighted by Crippen LogP contribution is 2.30. The highest BCUT2D eigenvalue weighted by Gasteiger charge is 2.43. The molecule has 3 heterocycles. The molecule has 1 aromatic heterocycles. The normalized spacial score (nSPS) is 18.3. The Morgan fingerprint density at radius 1 is 1.31 bits per heavy atom. The molecule has 0 bridgehead atoms. The van der Waals surface area contributed by atoms with Crippen LogP contribution in [0.25, 0.3) is 0 Å². The first-order valence-corrected chi connectivity index (χ1v) is 11.3. The van der Waals surface area contributed by atoms with Crippen molar-refractivity contribution >= 4 is 17.8 Å². The van der Waals surface area contributed by atoms with Gasteiger partial charge in [0.25, 0.3) is 11.8 Å². The van der Waals surface area contributed by atoms with Gasteiger partial charge in [0.2, 0.25) is 11.2 Å². The van der Waals surface area contributed by atoms with Crippen LogP contribution in [-0.2, 0) is 22.6 Å². The number of aromatic nitrogens is 1. The van der Waals surface area contributed by atoms with Crippen molar-refractivity contribution in [2.24, 2.45) is 0 Å². The molecule has 2 atom stereocenters. The fraction of sp³-hybridized carbons (Fsp3) is 0.360. The average Bonchev–Trinajstić information content (AvgIpc) is 3.20. The predicted molar refractivity (Wildman–Crippen MR) is 122 cm³/mol. The number of unbranched alkanes of at least 4 members (excludes halogenated alkanes) is 1. The molecule has 1 fully saturated rings. The Morgan fingerprint density at radius 2 is 2.08 bits per heavy atom. The van der Waals surface area contributed by atoms with Gasteiger partial charge in [-0.15, -0.1) is 12.3 Å². The van der Waals surface area contributed by atoms with Crippen LogP contribution >= 0.6 is 0 Å². The first-order valence-electron chi connectivity index (χ1n) is 11.3. The van der Waals surface area contributed by atoms with E-state index in [9.17, 15) is 28.0 Å². The maximum absolute atomic E-state index is 14.0. The number of pyridine rings is 1. The summed E-state index contributed by atoms with van der Waals surface area (Å²) in [6, 6.07) is 2.61. The molecule has 1 saturated heterocycles. The number of benzene rings is 1. The zero-order chi connectivity index (χ0) is 26.0. The smallest absolute Gasteiger partial charge is 0.311 e. The van der Waals surface area contributed by atoms with E-state index in [1.807, 2.05) is 0 Å². The number of carbonyl (C=O) groups is 3. The summed E-state index contributed by atoms with van der Waals surface area (Å²) in [7, 11) is 0. The molecule has 0 saturated carbocycles. The molecule has 2 amide bonds. The third-order valence-corrected chi connectivity index (χ3v) is 5.96. The average molecular weight is 499 g/mol. The first-order chi connectivity index (χ1) is 17.2. The fourth-order valence-corrected chi connectivity index (χ4v) is 4.15. The Labute approximate surface area is 205 Å². The van der Waals surface area contributed by atoms with E-state index in [1.54, 1.807) is 6.92 Å². The van der Waals surface area contributed by atoms with Crippen molar-refractivity contribution in [3.8, 4) is 18.1 Å². The van der Waals surface area contributed by atoms with Crippen molar-refractivity contribution in [3.63, 3.8) is 0 Å². The van der Waals surface area contributed by atoms with Gasteiger partial charge in [0.15, 0.2) is 11.9 Å². The van der Waals surface area contributed by atoms with Crippen LogP contribution in [0.1, 0.15) is 52.6 Å². The molecular weight excluding hydrogens is 476 g/mol. The van der Waals surface area contributed by atoms with Gasteiger partial charge in [-0.25, -0.2) is 8.78 Å². The topological polar surface area (TPSA) is 107 Å². The molecule has 2 aromatic rings. The molecule has 0 aliphatic carbocycles. The van der Waals surface area contributed by atoms with E-state index in [1.165, 1.54) is 21.7 Å². The number of amides is 2. The van der Waals surface area contributed by atoms with Gasteiger partial charge in [-0.05, 0) is 19.4 Å². The summed E-state index contributed by atoms with van der Waals surface area (Å²) in [4.78, 5) is 53.3. The van der Waals surface area contributed by atoms with Crippen molar-refractivity contribution in [2.75, 3.05) is 6.61 Å². The van der Waals surface area contributed by atoms with Gasteiger partial charge in [-0.2, -0.15) is 0 Å². The van der Waals surface area contributed by atoms with E-state index < -0.39 is 52.4 Å². The molecule has 9 nitrogen and oxygen atoms in total. The van der Waals surface area contributed by atoms with Crippen molar-refractivity contribution in [1.29, 1.82) is 0 Å². The summed E-state index contributed by atoms with van der Waals surface area (Å²) < 4.78 is 39.4. The minimum absolute atomic E-state index is 0.00198. The summed E-state index contributed by atoms with van der Waals surface area (Å²) in [5.74, 6) is -2.05. The molecule has 1 N–H and O–H groups in total. The van der Waals surface area contributed by atoms with E-state index in [2.05, 4.69) is 11.2 Å². The second-order valence-corrected chi connectivity index (χ2v) is 8.50. The number of hydrogen-bond donors (Lipinski definition) is 1. The molecule has 2 aliphatic heterocycles. The molecule has 0 radical (unpaired) electrons. The quantitative estimate of drug-likeness (QED) is 0.355. The van der Waals surface area contributed by atoms with Crippen LogP contribution in [0.3, 0.4) is 0 Å². The molecule has 11 heteroatoms. The number of ether oxygens (including phenoxy) is 2. The third-order valence-electron chi connectivity index (χ3n) is 5.96. The SMILES string of the molecule is C#CCCCC(=O)Oc1c2n(cc(C(=O)NCc3ccc(F)cc3F)c1=O)C[C@H]1OC[C@H](C)N1C2=O. The van der Waals surface area contributed by atoms with Crippen LogP contribution in [0.4, 0.5) is 8.78 Å². The van der Waals surface area contributed by atoms with E-state index in [-0.39, 0.29) is 43.4 Å². The number of rotatable bonds is 7. The van der Waals surface area contributed by atoms with Crippen molar-refractivity contribution < 1.29 is 32.6 Å². The Kier molecular flexibility index (Phi) is 7.17. The fourth-order valence-electron chi connectivity index (χ4n) is 4.15. The number of terminal acetylenes is 1. The van der Waals surface area contributed by atoms with Gasteiger partial charge < -0.3 is 24.3 Å². The minimum atomic E-state index is -0.969. The lowest BCUT2D eigenvalue weighted by Gasteiger charge is -2.34. The highest BCUT2D eigenvalue weighted by atomic mass is 19.1. The van der Waals surface area contributed by atoms with Crippen LogP contribution in [0.2, 0.25) is 0 Å². The van der Waals surface area contributed by atoms with Crippen LogP contribution in [0.15, 0.2) is 29.2 Å². The zero-order valence-electron chi connectivity index (χ0n) is 19.4. The van der Waals surface area contributed by atoms with E-state index >= 15 is 0 Å². The number of carbonyl (C=O) groups excluding carboxylic acids is 3. The van der Waals surface area contributed by atoms with E-state index in [0.717, 1.165) is 6.07 Å². The van der Waals surface area contributed by atoms with Gasteiger partial charge in [-0.1, -0.05) is 6.07 Å². The van der Waals surface area contributed by atoms with Gasteiger partial charge in [0, 0.05) is 37.2 Å². The largest absolute Gasteiger partial charge is 0.420 e. The maximum atomic E-state index is 14.0. The Hall–Kier alpha value is -4.04. The lowest BCUT2D eigenvalue weighted by molar-refractivity contribution is -0.134. The molecule has 2 aliphatic rings. The van der Waals surface area contributed by atoms with Gasteiger partial charge in [0.1, 0.15) is 17.2 Å². The number of nitrogens with one attached hydrogen (secondary N) is 1. The highest BCUT2D eigenvalue weighted by molar-refractivity contribution is 6.00. The molecule has 0 spiro atoms. The van der Waals surface area contributed by atoms with E-state index in [0.29, 0.717) is 18.9 Å². The van der Waals surface area contributed by atoms with Crippen molar-refractivity contribution in [2.45, 2.75) is 51.5 Å². The predicted octanol–water partition coefficient (Wildman–Crippen LogP) is 1.97. The summed E-state index contributed by atoms with van der Waals surface area (Å²) in [6.45, 7) is 1.84. The first kappa shape index (κ1) is 25.1. The Bertz CT molecular complexity index is 1330. The Balaban J connectivity index is 1.68. The maximum Gasteiger partial charge on any atom is 0.311 e. The monoisotopic (exact) mass is 499 g/mol. The summed E-state index contributed by atoms with van der Waals surface area (Å²) >= 11 is 0. The Morgan fingerprint density at radius 3 is 2.81 bits per heavy atom. The lowest BCUT2D eigenvalue weighted by atomic mass is 10.1. The number of halogens is 2. The van der Waals surface area contributed by atoms with Crippen LogP contribution < -0.4 is 15.5 Å². The summed E-state index contributed by atoms with van der Waals surface area (Å²) in [5.41, 5.74) is -1.55. The molecule has 0 unspecified atom stereocenters. The second kappa shape index (κ2) is 10.3. The number of esters is 1. The molecular formula is C25H23F2N3O6. The minimum Gasteiger partial charge on any atom is -0.420 e. The lowest BCUT2D eigenvalue weighted by Crippen LogP contribution is -2.49. The van der Waals surface area contributed by atoms with Gasteiger partial charge >= 0.3 is 5.97 Å². The molecule has 36 heavy (non-hydrogen) atoms. The van der Waals surface area contributed by atoms with Crippen molar-refractivity contribution in [1.82, 2.24) is 14.8 Å². The number of fused-ring (bicyclic) bond motifs is 2. The van der Waals surface area contributed by atoms with E-state index in [4.69, 9.17) is 15.9 Å². The van der Waals surface area contributed by atoms with Crippen LogP contribution in [-0.4, -0.2) is 46.1 Å². The molecule has 1 aromatic carbocycles. The summed E-state index contributed by atoms with van der Waals surface area (Å²) in [6.07, 6.45) is 6.30. The molecule has 4 rings (SSSR count). The van der Waals surface area contributed by atoms with Crippen LogP contribution in [0, 0.1) is 24.0 Å². The third kappa shape index (κ3) is 4.85. The van der Waals surface area contributed by atoms with Gasteiger partial charge in [0.05, 0.1) is 19.2 Å². The van der Waals surface area contributed by atoms with Crippen molar-refractivity contribution in [3.05, 3.63) is 63.1 Å². The number of nitrogens with zero attached hydrogens (tertiary/aromatic N) is 2. The molecule has 188 valence electrons. The number of hydrogen-bond acceptors (Lipinski definition) is 6. The van der Waals surface area contributed by atoms with Crippen LogP contribution in [0.5, 0.6) is 5.75 Å². The second-order valence-electron chi connectivity index (χ2n) is 8.50. The summed E-state index contributed by atoms with van der Waals surface area (Å²) in [5, 5.41) is 2.41.